The molecule has 0 atom stereocenters. The first-order valence-electron chi connectivity index (χ1n) is 11.2. The lowest BCUT2D eigenvalue weighted by Crippen LogP contribution is -2.29. The van der Waals surface area contributed by atoms with Gasteiger partial charge in [-0.2, -0.15) is 9.97 Å². The fraction of sp³-hybridized carbons (Fsp3) is 0.200. The molecule has 1 amide bonds. The zero-order valence-corrected chi connectivity index (χ0v) is 19.1. The van der Waals surface area contributed by atoms with E-state index in [1.54, 1.807) is 20.0 Å². The van der Waals surface area contributed by atoms with Gasteiger partial charge in [-0.1, -0.05) is 28.5 Å². The van der Waals surface area contributed by atoms with E-state index < -0.39 is 0 Å². The number of carbonyl (C=O) groups is 1. The zero-order valence-electron chi connectivity index (χ0n) is 19.1. The van der Waals surface area contributed by atoms with E-state index in [9.17, 15) is 4.79 Å². The summed E-state index contributed by atoms with van der Waals surface area (Å²) in [5.74, 6) is 2.75. The van der Waals surface area contributed by atoms with Crippen LogP contribution in [0, 0.1) is 13.8 Å². The number of aryl methyl sites for hydroxylation is 2. The fourth-order valence-electron chi connectivity index (χ4n) is 4.26. The number of rotatable bonds is 6. The summed E-state index contributed by atoms with van der Waals surface area (Å²) in [5, 5.41) is 13.2. The Morgan fingerprint density at radius 2 is 1.89 bits per heavy atom. The van der Waals surface area contributed by atoms with Gasteiger partial charge in [0.1, 0.15) is 5.82 Å². The van der Waals surface area contributed by atoms with Gasteiger partial charge in [0.2, 0.25) is 11.7 Å². The number of nitrogens with one attached hydrogen (secondary N) is 1. The highest BCUT2D eigenvalue weighted by atomic mass is 16.5. The minimum Gasteiger partial charge on any atom is -0.368 e. The molecular weight excluding hydrogens is 446 g/mol. The van der Waals surface area contributed by atoms with Crippen LogP contribution in [-0.4, -0.2) is 49.2 Å². The maximum Gasteiger partial charge on any atom is 0.257 e. The van der Waals surface area contributed by atoms with Crippen LogP contribution in [-0.2, 0) is 6.54 Å². The van der Waals surface area contributed by atoms with E-state index in [-0.39, 0.29) is 5.91 Å². The van der Waals surface area contributed by atoms with Crippen LogP contribution in [0.5, 0.6) is 0 Å². The number of nitrogens with zero attached hydrogens (tertiary/aromatic N) is 6. The maximum absolute atomic E-state index is 13.0. The second-order valence-corrected chi connectivity index (χ2v) is 8.40. The quantitative estimate of drug-likeness (QED) is 0.394. The van der Waals surface area contributed by atoms with E-state index in [1.165, 1.54) is 0 Å². The monoisotopic (exact) mass is 467 g/mol. The van der Waals surface area contributed by atoms with Gasteiger partial charge in [0.05, 0.1) is 0 Å². The van der Waals surface area contributed by atoms with E-state index in [0.29, 0.717) is 48.6 Å². The second-order valence-electron chi connectivity index (χ2n) is 8.40. The Hall–Kier alpha value is -4.60. The Balaban J connectivity index is 1.17. The lowest BCUT2D eigenvalue weighted by atomic mass is 10.1. The van der Waals surface area contributed by atoms with Gasteiger partial charge in [-0.3, -0.25) is 4.79 Å². The molecule has 3 aromatic heterocycles. The number of hydrogen-bond donors (Lipinski definition) is 1. The summed E-state index contributed by atoms with van der Waals surface area (Å²) in [4.78, 5) is 27.9. The molecule has 174 valence electrons. The molecule has 1 aliphatic heterocycles. The van der Waals surface area contributed by atoms with Gasteiger partial charge in [0, 0.05) is 54.8 Å². The molecule has 5 aromatic rings. The molecule has 6 rings (SSSR count). The normalized spacial score (nSPS) is 13.0. The van der Waals surface area contributed by atoms with Crippen LogP contribution in [0.2, 0.25) is 0 Å². The third-order valence-corrected chi connectivity index (χ3v) is 5.99. The van der Waals surface area contributed by atoms with Gasteiger partial charge >= 0.3 is 0 Å². The molecule has 4 heterocycles. The third kappa shape index (κ3) is 3.88. The Labute approximate surface area is 200 Å². The van der Waals surface area contributed by atoms with Crippen molar-refractivity contribution >= 4 is 22.5 Å². The number of aromatic nitrogens is 5. The predicted molar refractivity (Wildman–Crippen MR) is 127 cm³/mol. The molecule has 10 heteroatoms. The third-order valence-electron chi connectivity index (χ3n) is 5.99. The highest BCUT2D eigenvalue weighted by Crippen LogP contribution is 2.29. The van der Waals surface area contributed by atoms with E-state index in [4.69, 9.17) is 9.05 Å². The van der Waals surface area contributed by atoms with Crippen molar-refractivity contribution in [2.75, 3.05) is 18.4 Å². The van der Waals surface area contributed by atoms with Crippen molar-refractivity contribution in [1.29, 1.82) is 0 Å². The van der Waals surface area contributed by atoms with Gasteiger partial charge < -0.3 is 19.3 Å². The number of amides is 1. The summed E-state index contributed by atoms with van der Waals surface area (Å²) in [6.45, 7) is 5.16. The Bertz CT molecular complexity index is 1570. The van der Waals surface area contributed by atoms with Gasteiger partial charge in [-0.05, 0) is 42.1 Å². The summed E-state index contributed by atoms with van der Waals surface area (Å²) in [6.07, 6.45) is 1.76. The van der Waals surface area contributed by atoms with Crippen molar-refractivity contribution < 1.29 is 13.8 Å². The van der Waals surface area contributed by atoms with Crippen molar-refractivity contribution in [1.82, 2.24) is 30.2 Å². The van der Waals surface area contributed by atoms with Crippen LogP contribution in [0.15, 0.2) is 57.7 Å². The van der Waals surface area contributed by atoms with Crippen LogP contribution in [0.25, 0.3) is 33.6 Å². The highest BCUT2D eigenvalue weighted by Gasteiger charge is 2.28. The molecule has 0 aliphatic carbocycles. The Morgan fingerprint density at radius 1 is 1.00 bits per heavy atom. The van der Waals surface area contributed by atoms with Crippen LogP contribution in [0.4, 0.5) is 5.82 Å². The van der Waals surface area contributed by atoms with Crippen molar-refractivity contribution in [3.63, 3.8) is 0 Å². The molecule has 0 radical (unpaired) electrons. The average molecular weight is 467 g/mol. The minimum absolute atomic E-state index is 0.0134. The number of benzene rings is 2. The van der Waals surface area contributed by atoms with E-state index in [0.717, 1.165) is 33.3 Å². The first kappa shape index (κ1) is 21.0. The van der Waals surface area contributed by atoms with Crippen molar-refractivity contribution in [3.05, 3.63) is 71.5 Å². The predicted octanol–water partition coefficient (Wildman–Crippen LogP) is 4.02. The van der Waals surface area contributed by atoms with E-state index >= 15 is 0 Å². The Kier molecular flexibility index (Phi) is 4.98. The molecule has 0 fully saturated rings. The summed E-state index contributed by atoms with van der Waals surface area (Å²) in [7, 11) is 0. The lowest BCUT2D eigenvalue weighted by Gasteiger charge is -2.16. The summed E-state index contributed by atoms with van der Waals surface area (Å²) >= 11 is 0. The zero-order chi connectivity index (χ0) is 23.9. The van der Waals surface area contributed by atoms with Gasteiger partial charge in [-0.15, -0.1) is 0 Å². The first-order valence-corrected chi connectivity index (χ1v) is 11.2. The molecule has 0 spiro atoms. The molecule has 0 unspecified atom stereocenters. The molecule has 2 aromatic carbocycles. The lowest BCUT2D eigenvalue weighted by molar-refractivity contribution is 0.0784. The number of anilines is 1. The van der Waals surface area contributed by atoms with Gasteiger partial charge in [-0.25, -0.2) is 4.98 Å². The van der Waals surface area contributed by atoms with Crippen molar-refractivity contribution in [2.24, 2.45) is 0 Å². The van der Waals surface area contributed by atoms with Gasteiger partial charge in [0.25, 0.3) is 11.8 Å². The van der Waals surface area contributed by atoms with Crippen LogP contribution in [0.3, 0.4) is 0 Å². The van der Waals surface area contributed by atoms with Crippen LogP contribution >= 0.6 is 0 Å². The summed E-state index contributed by atoms with van der Waals surface area (Å²) in [6, 6.07) is 13.6. The topological polar surface area (TPSA) is 123 Å². The first-order chi connectivity index (χ1) is 17.0. The number of fused-ring (bicyclic) bond motifs is 2. The molecule has 0 bridgehead atoms. The number of carbonyl (C=O) groups excluding carboxylic acids is 1. The summed E-state index contributed by atoms with van der Waals surface area (Å²) < 4.78 is 10.4. The number of hydrogen-bond acceptors (Lipinski definition) is 9. The average Bonchev–Trinajstić information content (AvgIpc) is 3.58. The maximum atomic E-state index is 13.0. The Morgan fingerprint density at radius 3 is 2.69 bits per heavy atom. The van der Waals surface area contributed by atoms with Crippen LogP contribution < -0.4 is 5.32 Å². The van der Waals surface area contributed by atoms with Crippen molar-refractivity contribution in [3.8, 4) is 22.8 Å². The van der Waals surface area contributed by atoms with Crippen molar-refractivity contribution in [2.45, 2.75) is 20.4 Å². The smallest absolute Gasteiger partial charge is 0.257 e. The molecule has 1 N–H and O–H groups in total. The summed E-state index contributed by atoms with van der Waals surface area (Å²) in [5.41, 5.74) is 3.24. The second kappa shape index (κ2) is 8.32. The van der Waals surface area contributed by atoms with Crippen LogP contribution in [0.1, 0.15) is 27.6 Å². The molecule has 1 aliphatic rings. The SMILES string of the molecule is Cc1noc(-c2ccc3c(c2)C(=O)N(CCNc2nccc4ccc(-c5noc(C)n5)cc24)C3)n1. The molecule has 0 saturated heterocycles. The van der Waals surface area contributed by atoms with E-state index in [1.807, 2.05) is 47.4 Å². The molecule has 10 nitrogen and oxygen atoms in total. The number of pyridine rings is 1. The molecular formula is C25H21N7O3. The highest BCUT2D eigenvalue weighted by molar-refractivity contribution is 5.99. The largest absolute Gasteiger partial charge is 0.368 e. The minimum atomic E-state index is -0.0134. The van der Waals surface area contributed by atoms with E-state index in [2.05, 4.69) is 30.6 Å². The molecule has 35 heavy (non-hydrogen) atoms. The standard InChI is InChI=1S/C25H21N7O3/c1-14-28-24(35-30-14)18-5-6-19-13-32(25(33)21(19)12-18)10-9-27-23-20-11-17(22-29-15(2)34-31-22)4-3-16(20)7-8-26-23/h3-8,11-12H,9-10,13H2,1-2H3,(H,26,27). The van der Waals surface area contributed by atoms with Gasteiger partial charge in [0.15, 0.2) is 5.82 Å². The molecule has 0 saturated carbocycles. The fourth-order valence-corrected chi connectivity index (χ4v) is 4.26.